The maximum absolute atomic E-state index is 12.1. The van der Waals surface area contributed by atoms with Crippen LogP contribution in [0.3, 0.4) is 0 Å². The van der Waals surface area contributed by atoms with E-state index in [1.165, 1.54) is 0 Å². The second-order valence-electron chi connectivity index (χ2n) is 6.67. The molecule has 1 aromatic heterocycles. The molecule has 0 radical (unpaired) electrons. The smallest absolute Gasteiger partial charge is 0.257 e. The summed E-state index contributed by atoms with van der Waals surface area (Å²) in [4.78, 5) is 12.1. The van der Waals surface area contributed by atoms with Crippen molar-refractivity contribution in [2.75, 3.05) is 13.2 Å². The molecule has 4 aromatic rings. The van der Waals surface area contributed by atoms with Crippen molar-refractivity contribution in [3.63, 3.8) is 0 Å². The molecule has 6 heteroatoms. The van der Waals surface area contributed by atoms with Gasteiger partial charge >= 0.3 is 0 Å². The summed E-state index contributed by atoms with van der Waals surface area (Å²) in [6, 6.07) is 21.8. The fraction of sp³-hybridized carbons (Fsp3) is 0.130. The standard InChI is InChI=1S/C23H20BrN3O2/c24-20-8-6-19-13-22(9-7-18(19)12-20)29-16-23(28)25-11-10-17-14-26-27(15-17)21-4-2-1-3-5-21/h1-9,12-15H,10-11,16H2,(H,25,28). The summed E-state index contributed by atoms with van der Waals surface area (Å²) in [6.45, 7) is 0.528. The molecular weight excluding hydrogens is 430 g/mol. The van der Waals surface area contributed by atoms with Crippen LogP contribution < -0.4 is 10.1 Å². The topological polar surface area (TPSA) is 56.1 Å². The number of para-hydroxylation sites is 1. The Balaban J connectivity index is 1.24. The number of hydrogen-bond acceptors (Lipinski definition) is 3. The Hall–Kier alpha value is -3.12. The van der Waals surface area contributed by atoms with Gasteiger partial charge in [-0.3, -0.25) is 4.79 Å². The second kappa shape index (κ2) is 8.92. The van der Waals surface area contributed by atoms with Gasteiger partial charge in [0.25, 0.3) is 5.91 Å². The molecule has 0 fully saturated rings. The monoisotopic (exact) mass is 449 g/mol. The summed E-state index contributed by atoms with van der Waals surface area (Å²) in [5.41, 5.74) is 2.08. The molecule has 0 saturated carbocycles. The quantitative estimate of drug-likeness (QED) is 0.450. The molecular formula is C23H20BrN3O2. The number of benzene rings is 3. The van der Waals surface area contributed by atoms with Gasteiger partial charge in [-0.15, -0.1) is 0 Å². The minimum atomic E-state index is -0.142. The van der Waals surface area contributed by atoms with Gasteiger partial charge in [-0.25, -0.2) is 4.68 Å². The van der Waals surface area contributed by atoms with Gasteiger partial charge in [-0.2, -0.15) is 5.10 Å². The largest absolute Gasteiger partial charge is 0.484 e. The van der Waals surface area contributed by atoms with Crippen molar-refractivity contribution in [2.45, 2.75) is 6.42 Å². The van der Waals surface area contributed by atoms with Crippen LogP contribution in [-0.2, 0) is 11.2 Å². The lowest BCUT2D eigenvalue weighted by Crippen LogP contribution is -2.30. The number of fused-ring (bicyclic) bond motifs is 1. The lowest BCUT2D eigenvalue weighted by atomic mass is 10.1. The fourth-order valence-electron chi connectivity index (χ4n) is 3.04. The molecule has 3 aromatic carbocycles. The summed E-state index contributed by atoms with van der Waals surface area (Å²) < 4.78 is 8.50. The van der Waals surface area contributed by atoms with Gasteiger partial charge in [0.15, 0.2) is 6.61 Å². The van der Waals surface area contributed by atoms with Crippen molar-refractivity contribution in [1.82, 2.24) is 15.1 Å². The Labute approximate surface area is 177 Å². The predicted molar refractivity (Wildman–Crippen MR) is 117 cm³/mol. The van der Waals surface area contributed by atoms with Crippen molar-refractivity contribution in [3.8, 4) is 11.4 Å². The summed E-state index contributed by atoms with van der Waals surface area (Å²) in [7, 11) is 0. The van der Waals surface area contributed by atoms with Gasteiger partial charge in [-0.05, 0) is 59.2 Å². The fourth-order valence-corrected chi connectivity index (χ4v) is 3.42. The zero-order valence-corrected chi connectivity index (χ0v) is 17.3. The molecule has 4 rings (SSSR count). The van der Waals surface area contributed by atoms with Crippen molar-refractivity contribution >= 4 is 32.6 Å². The molecule has 0 aliphatic heterocycles. The zero-order chi connectivity index (χ0) is 20.1. The van der Waals surface area contributed by atoms with Crippen LogP contribution in [0.15, 0.2) is 83.6 Å². The van der Waals surface area contributed by atoms with Crippen LogP contribution in [0.5, 0.6) is 5.75 Å². The molecule has 0 atom stereocenters. The molecule has 0 bridgehead atoms. The molecule has 5 nitrogen and oxygen atoms in total. The molecule has 29 heavy (non-hydrogen) atoms. The highest BCUT2D eigenvalue weighted by molar-refractivity contribution is 9.10. The average molecular weight is 450 g/mol. The van der Waals surface area contributed by atoms with Crippen LogP contribution in [0, 0.1) is 0 Å². The van der Waals surface area contributed by atoms with E-state index in [4.69, 9.17) is 4.74 Å². The van der Waals surface area contributed by atoms with E-state index in [-0.39, 0.29) is 12.5 Å². The molecule has 0 spiro atoms. The highest BCUT2D eigenvalue weighted by atomic mass is 79.9. The third kappa shape index (κ3) is 5.03. The minimum Gasteiger partial charge on any atom is -0.484 e. The van der Waals surface area contributed by atoms with Crippen molar-refractivity contribution in [2.24, 2.45) is 0 Å². The predicted octanol–water partition coefficient (Wildman–Crippen LogP) is 4.53. The first kappa shape index (κ1) is 19.2. The zero-order valence-electron chi connectivity index (χ0n) is 15.7. The third-order valence-electron chi connectivity index (χ3n) is 4.54. The summed E-state index contributed by atoms with van der Waals surface area (Å²) in [5.74, 6) is 0.537. The van der Waals surface area contributed by atoms with Crippen LogP contribution in [0.25, 0.3) is 16.5 Å². The first-order valence-electron chi connectivity index (χ1n) is 9.35. The van der Waals surface area contributed by atoms with E-state index >= 15 is 0 Å². The Morgan fingerprint density at radius 2 is 1.83 bits per heavy atom. The van der Waals surface area contributed by atoms with Crippen molar-refractivity contribution in [1.29, 1.82) is 0 Å². The summed E-state index contributed by atoms with van der Waals surface area (Å²) >= 11 is 3.47. The molecule has 1 amide bonds. The average Bonchev–Trinajstić information content (AvgIpc) is 3.22. The van der Waals surface area contributed by atoms with Gasteiger partial charge < -0.3 is 10.1 Å². The Kier molecular flexibility index (Phi) is 5.91. The van der Waals surface area contributed by atoms with Gasteiger partial charge in [-0.1, -0.05) is 46.3 Å². The van der Waals surface area contributed by atoms with E-state index in [0.717, 1.165) is 26.5 Å². The number of carbonyl (C=O) groups excluding carboxylic acids is 1. The molecule has 0 aliphatic carbocycles. The number of rotatable bonds is 7. The van der Waals surface area contributed by atoms with Crippen LogP contribution in [-0.4, -0.2) is 28.8 Å². The van der Waals surface area contributed by atoms with Crippen LogP contribution in [0.2, 0.25) is 0 Å². The molecule has 1 N–H and O–H groups in total. The number of ether oxygens (including phenoxy) is 1. The van der Waals surface area contributed by atoms with E-state index in [9.17, 15) is 4.79 Å². The van der Waals surface area contributed by atoms with Gasteiger partial charge in [0.05, 0.1) is 11.9 Å². The van der Waals surface area contributed by atoms with Crippen molar-refractivity contribution in [3.05, 3.63) is 89.2 Å². The molecule has 0 aliphatic rings. The van der Waals surface area contributed by atoms with Gasteiger partial charge in [0.2, 0.25) is 0 Å². The SMILES string of the molecule is O=C(COc1ccc2cc(Br)ccc2c1)NCCc1cnn(-c2ccccc2)c1. The number of hydrogen-bond donors (Lipinski definition) is 1. The molecule has 0 unspecified atom stereocenters. The minimum absolute atomic E-state index is 0.00862. The molecule has 0 saturated heterocycles. The number of nitrogens with one attached hydrogen (secondary N) is 1. The Bertz CT molecular complexity index is 1130. The molecule has 146 valence electrons. The van der Waals surface area contributed by atoms with E-state index in [2.05, 4.69) is 26.3 Å². The summed E-state index contributed by atoms with van der Waals surface area (Å²) in [5, 5.41) is 9.44. The van der Waals surface area contributed by atoms with E-state index < -0.39 is 0 Å². The Morgan fingerprint density at radius 1 is 1.03 bits per heavy atom. The molecule has 1 heterocycles. The third-order valence-corrected chi connectivity index (χ3v) is 5.03. The van der Waals surface area contributed by atoms with E-state index in [1.807, 2.05) is 83.8 Å². The lowest BCUT2D eigenvalue weighted by Gasteiger charge is -2.08. The maximum atomic E-state index is 12.1. The maximum Gasteiger partial charge on any atom is 0.257 e. The van der Waals surface area contributed by atoms with E-state index in [1.54, 1.807) is 0 Å². The number of amides is 1. The number of carbonyl (C=O) groups is 1. The summed E-state index contributed by atoms with van der Waals surface area (Å²) in [6.07, 6.45) is 4.51. The van der Waals surface area contributed by atoms with Crippen molar-refractivity contribution < 1.29 is 9.53 Å². The first-order chi connectivity index (χ1) is 14.2. The van der Waals surface area contributed by atoms with Crippen LogP contribution >= 0.6 is 15.9 Å². The lowest BCUT2D eigenvalue weighted by molar-refractivity contribution is -0.123. The van der Waals surface area contributed by atoms with Crippen LogP contribution in [0.1, 0.15) is 5.56 Å². The number of halogens is 1. The first-order valence-corrected chi connectivity index (χ1v) is 10.1. The van der Waals surface area contributed by atoms with Gasteiger partial charge in [0, 0.05) is 17.2 Å². The highest BCUT2D eigenvalue weighted by Gasteiger charge is 2.05. The van der Waals surface area contributed by atoms with E-state index in [0.29, 0.717) is 18.7 Å². The second-order valence-corrected chi connectivity index (χ2v) is 7.59. The van der Waals surface area contributed by atoms with Gasteiger partial charge in [0.1, 0.15) is 5.75 Å². The number of aromatic nitrogens is 2. The normalized spacial score (nSPS) is 10.8. The number of nitrogens with zero attached hydrogens (tertiary/aromatic N) is 2. The Morgan fingerprint density at radius 3 is 2.69 bits per heavy atom. The highest BCUT2D eigenvalue weighted by Crippen LogP contribution is 2.24. The van der Waals surface area contributed by atoms with Crippen LogP contribution in [0.4, 0.5) is 0 Å².